The molecule has 1 heterocycles. The topological polar surface area (TPSA) is 27.7 Å². The van der Waals surface area contributed by atoms with Gasteiger partial charge in [-0.3, -0.25) is 0 Å². The van der Waals surface area contributed by atoms with E-state index in [-0.39, 0.29) is 29.0 Å². The molecule has 0 amide bonds. The number of rotatable bonds is 3. The highest BCUT2D eigenvalue weighted by Crippen LogP contribution is 2.81. The SMILES string of the molecule is COc1ccccc1C12CC(B3OC(C)(C)C(C)(C)O3)(C1)C2. The molecule has 1 aromatic rings. The average molecular weight is 300 g/mol. The summed E-state index contributed by atoms with van der Waals surface area (Å²) in [5.74, 6) is 1.02. The molecular formula is C18H25BO3. The summed E-state index contributed by atoms with van der Waals surface area (Å²) < 4.78 is 18.1. The Balaban J connectivity index is 1.53. The molecule has 1 aromatic carbocycles. The molecular weight excluding hydrogens is 275 g/mol. The monoisotopic (exact) mass is 300 g/mol. The molecule has 0 atom stereocenters. The predicted octanol–water partition coefficient (Wildman–Crippen LogP) is 3.96. The fraction of sp³-hybridized carbons (Fsp3) is 0.667. The van der Waals surface area contributed by atoms with Crippen LogP contribution in [-0.2, 0) is 14.7 Å². The summed E-state index contributed by atoms with van der Waals surface area (Å²) in [5.41, 5.74) is 1.18. The number of ether oxygens (including phenoxy) is 1. The molecule has 0 spiro atoms. The summed E-state index contributed by atoms with van der Waals surface area (Å²) >= 11 is 0. The van der Waals surface area contributed by atoms with Crippen LogP contribution in [0.15, 0.2) is 24.3 Å². The standard InChI is InChI=1S/C18H25BO3/c1-15(2)16(3,4)22-19(21-15)18-10-17(11-18,12-18)13-8-6-7-9-14(13)20-5/h6-9H,10-12H2,1-5H3. The van der Waals surface area contributed by atoms with Gasteiger partial charge in [0.1, 0.15) is 5.75 Å². The van der Waals surface area contributed by atoms with E-state index in [1.807, 2.05) is 6.07 Å². The van der Waals surface area contributed by atoms with Crippen LogP contribution < -0.4 is 4.74 Å². The Morgan fingerprint density at radius 1 is 0.955 bits per heavy atom. The maximum atomic E-state index is 6.29. The van der Waals surface area contributed by atoms with E-state index in [9.17, 15) is 0 Å². The molecule has 22 heavy (non-hydrogen) atoms. The molecule has 118 valence electrons. The first kappa shape index (κ1) is 14.6. The molecule has 3 saturated carbocycles. The Morgan fingerprint density at radius 3 is 2.05 bits per heavy atom. The third kappa shape index (κ3) is 1.66. The number of methoxy groups -OCH3 is 1. The Morgan fingerprint density at radius 2 is 1.50 bits per heavy atom. The van der Waals surface area contributed by atoms with Crippen molar-refractivity contribution in [2.24, 2.45) is 0 Å². The molecule has 0 N–H and O–H groups in total. The third-order valence-electron chi connectivity index (χ3n) is 6.50. The zero-order valence-electron chi connectivity index (χ0n) is 14.2. The van der Waals surface area contributed by atoms with Gasteiger partial charge >= 0.3 is 7.12 Å². The average Bonchev–Trinajstić information content (AvgIpc) is 2.55. The Hall–Kier alpha value is -0.995. The molecule has 3 nitrogen and oxygen atoms in total. The van der Waals surface area contributed by atoms with E-state index in [1.54, 1.807) is 7.11 Å². The fourth-order valence-corrected chi connectivity index (χ4v) is 4.58. The lowest BCUT2D eigenvalue weighted by Crippen LogP contribution is -2.66. The maximum Gasteiger partial charge on any atom is 0.464 e. The summed E-state index contributed by atoms with van der Waals surface area (Å²) in [4.78, 5) is 0. The highest BCUT2D eigenvalue weighted by atomic mass is 16.7. The molecule has 1 saturated heterocycles. The van der Waals surface area contributed by atoms with Gasteiger partial charge in [-0.1, -0.05) is 18.2 Å². The van der Waals surface area contributed by atoms with E-state index in [1.165, 1.54) is 5.56 Å². The van der Waals surface area contributed by atoms with Gasteiger partial charge in [-0.05, 0) is 58.4 Å². The van der Waals surface area contributed by atoms with Crippen molar-refractivity contribution in [2.75, 3.05) is 7.11 Å². The van der Waals surface area contributed by atoms with Gasteiger partial charge in [0, 0.05) is 10.9 Å². The van der Waals surface area contributed by atoms with Crippen molar-refractivity contribution in [2.45, 2.75) is 68.9 Å². The largest absolute Gasteiger partial charge is 0.496 e. The van der Waals surface area contributed by atoms with Gasteiger partial charge in [0.05, 0.1) is 18.3 Å². The van der Waals surface area contributed by atoms with E-state index in [2.05, 4.69) is 45.9 Å². The number of benzene rings is 1. The zero-order valence-corrected chi connectivity index (χ0v) is 14.2. The quantitative estimate of drug-likeness (QED) is 0.791. The van der Waals surface area contributed by atoms with Crippen LogP contribution in [0.3, 0.4) is 0 Å². The van der Waals surface area contributed by atoms with Crippen molar-refractivity contribution >= 4 is 7.12 Å². The lowest BCUT2D eigenvalue weighted by atomic mass is 9.23. The second-order valence-corrected chi connectivity index (χ2v) is 8.46. The van der Waals surface area contributed by atoms with Crippen molar-refractivity contribution in [3.05, 3.63) is 29.8 Å². The first-order valence-electron chi connectivity index (χ1n) is 8.23. The predicted molar refractivity (Wildman–Crippen MR) is 87.3 cm³/mol. The third-order valence-corrected chi connectivity index (χ3v) is 6.50. The minimum absolute atomic E-state index is 0.0610. The maximum absolute atomic E-state index is 6.29. The van der Waals surface area contributed by atoms with E-state index >= 15 is 0 Å². The zero-order chi connectivity index (χ0) is 15.8. The van der Waals surface area contributed by atoms with Gasteiger partial charge in [0.2, 0.25) is 0 Å². The smallest absolute Gasteiger partial charge is 0.464 e. The molecule has 4 heteroatoms. The van der Waals surface area contributed by atoms with Gasteiger partial charge in [0.25, 0.3) is 0 Å². The lowest BCUT2D eigenvalue weighted by Gasteiger charge is -2.71. The summed E-state index contributed by atoms with van der Waals surface area (Å²) in [5, 5.41) is 0.214. The van der Waals surface area contributed by atoms with Crippen LogP contribution in [-0.4, -0.2) is 25.4 Å². The van der Waals surface area contributed by atoms with Crippen LogP contribution in [0, 0.1) is 0 Å². The van der Waals surface area contributed by atoms with Crippen LogP contribution >= 0.6 is 0 Å². The molecule has 0 unspecified atom stereocenters. The minimum Gasteiger partial charge on any atom is -0.496 e. The summed E-state index contributed by atoms with van der Waals surface area (Å²) in [7, 11) is 1.70. The van der Waals surface area contributed by atoms with Gasteiger partial charge < -0.3 is 14.0 Å². The lowest BCUT2D eigenvalue weighted by molar-refractivity contribution is -0.0397. The Bertz CT molecular complexity index is 587. The number of para-hydroxylation sites is 1. The van der Waals surface area contributed by atoms with Crippen molar-refractivity contribution in [3.63, 3.8) is 0 Å². The molecule has 1 aliphatic heterocycles. The van der Waals surface area contributed by atoms with E-state index in [0.717, 1.165) is 25.0 Å². The molecule has 4 aliphatic rings. The van der Waals surface area contributed by atoms with E-state index in [4.69, 9.17) is 14.0 Å². The normalized spacial score (nSPS) is 37.4. The molecule has 0 aromatic heterocycles. The van der Waals surface area contributed by atoms with Gasteiger partial charge in [-0.2, -0.15) is 0 Å². The second kappa shape index (κ2) is 4.10. The fourth-order valence-electron chi connectivity index (χ4n) is 4.58. The number of hydrogen-bond donors (Lipinski definition) is 0. The molecule has 3 aliphatic carbocycles. The highest BCUT2D eigenvalue weighted by molar-refractivity contribution is 6.51. The molecule has 4 fully saturated rings. The van der Waals surface area contributed by atoms with Crippen LogP contribution in [0.5, 0.6) is 5.75 Å². The summed E-state index contributed by atoms with van der Waals surface area (Å²) in [6.45, 7) is 8.53. The van der Waals surface area contributed by atoms with Crippen LogP contribution in [0.25, 0.3) is 0 Å². The minimum atomic E-state index is -0.231. The summed E-state index contributed by atoms with van der Waals surface area (Å²) in [6.07, 6.45) is 3.45. The molecule has 2 bridgehead atoms. The van der Waals surface area contributed by atoms with Crippen molar-refractivity contribution in [1.82, 2.24) is 0 Å². The van der Waals surface area contributed by atoms with Crippen LogP contribution in [0.2, 0.25) is 5.31 Å². The van der Waals surface area contributed by atoms with Crippen LogP contribution in [0.1, 0.15) is 52.5 Å². The summed E-state index contributed by atoms with van der Waals surface area (Å²) in [6, 6.07) is 8.43. The van der Waals surface area contributed by atoms with Gasteiger partial charge in [-0.15, -0.1) is 0 Å². The van der Waals surface area contributed by atoms with Crippen LogP contribution in [0.4, 0.5) is 0 Å². The van der Waals surface area contributed by atoms with Crippen molar-refractivity contribution < 1.29 is 14.0 Å². The number of hydrogen-bond acceptors (Lipinski definition) is 3. The first-order valence-corrected chi connectivity index (χ1v) is 8.23. The first-order chi connectivity index (χ1) is 10.2. The Labute approximate surface area is 133 Å². The molecule has 5 rings (SSSR count). The van der Waals surface area contributed by atoms with Crippen molar-refractivity contribution in [3.8, 4) is 5.75 Å². The van der Waals surface area contributed by atoms with E-state index in [0.29, 0.717) is 0 Å². The Kier molecular flexibility index (Phi) is 2.72. The highest BCUT2D eigenvalue weighted by Gasteiger charge is 2.77. The molecule has 0 radical (unpaired) electrons. The van der Waals surface area contributed by atoms with Crippen molar-refractivity contribution in [1.29, 1.82) is 0 Å². The van der Waals surface area contributed by atoms with Gasteiger partial charge in [-0.25, -0.2) is 0 Å². The van der Waals surface area contributed by atoms with Gasteiger partial charge in [0.15, 0.2) is 0 Å². The second-order valence-electron chi connectivity index (χ2n) is 8.46. The van der Waals surface area contributed by atoms with E-state index < -0.39 is 0 Å².